The smallest absolute Gasteiger partial charge is 0.262 e. The van der Waals surface area contributed by atoms with Gasteiger partial charge in [-0.05, 0) is 58.7 Å². The molecule has 0 unspecified atom stereocenters. The fourth-order valence-electron chi connectivity index (χ4n) is 1.63. The van der Waals surface area contributed by atoms with Crippen LogP contribution in [0.15, 0.2) is 45.8 Å². The van der Waals surface area contributed by atoms with Gasteiger partial charge in [-0.2, -0.15) is 0 Å². The average Bonchev–Trinajstić information content (AvgIpc) is 2.36. The zero-order valence-electron chi connectivity index (χ0n) is 10.3. The summed E-state index contributed by atoms with van der Waals surface area (Å²) in [6.45, 7) is 1.60. The Hall–Kier alpha value is -1.11. The average molecular weight is 379 g/mol. The van der Waals surface area contributed by atoms with Crippen LogP contribution in [-0.2, 0) is 10.0 Å². The highest BCUT2D eigenvalue weighted by Gasteiger charge is 2.18. The lowest BCUT2D eigenvalue weighted by Gasteiger charge is -2.11. The summed E-state index contributed by atoms with van der Waals surface area (Å²) in [5.41, 5.74) is 0.768. The largest absolute Gasteiger partial charge is 0.280 e. The maximum absolute atomic E-state index is 13.2. The molecule has 7 heteroatoms. The Kier molecular flexibility index (Phi) is 4.36. The molecule has 0 radical (unpaired) electrons. The monoisotopic (exact) mass is 377 g/mol. The summed E-state index contributed by atoms with van der Waals surface area (Å²) in [6.07, 6.45) is 0. The minimum Gasteiger partial charge on any atom is -0.280 e. The Balaban J connectivity index is 2.40. The van der Waals surface area contributed by atoms with E-state index in [1.807, 2.05) is 0 Å². The van der Waals surface area contributed by atoms with E-state index >= 15 is 0 Å². The first kappa shape index (κ1) is 15.3. The van der Waals surface area contributed by atoms with Crippen molar-refractivity contribution in [3.8, 4) is 0 Å². The number of hydrogen-bond donors (Lipinski definition) is 1. The zero-order chi connectivity index (χ0) is 14.9. The maximum Gasteiger partial charge on any atom is 0.262 e. The van der Waals surface area contributed by atoms with Crippen LogP contribution in [-0.4, -0.2) is 8.42 Å². The van der Waals surface area contributed by atoms with Crippen molar-refractivity contribution in [3.63, 3.8) is 0 Å². The van der Waals surface area contributed by atoms with Gasteiger partial charge in [0.2, 0.25) is 0 Å². The van der Waals surface area contributed by atoms with Crippen molar-refractivity contribution in [3.05, 3.63) is 57.3 Å². The maximum atomic E-state index is 13.2. The molecule has 0 aliphatic carbocycles. The Morgan fingerprint density at radius 2 is 1.90 bits per heavy atom. The van der Waals surface area contributed by atoms with Gasteiger partial charge in [-0.3, -0.25) is 4.72 Å². The predicted octanol–water partition coefficient (Wildman–Crippen LogP) is 4.35. The van der Waals surface area contributed by atoms with Crippen LogP contribution in [0.5, 0.6) is 0 Å². The van der Waals surface area contributed by atoms with Crippen LogP contribution in [0.3, 0.4) is 0 Å². The Morgan fingerprint density at radius 3 is 2.55 bits per heavy atom. The first-order valence-electron chi connectivity index (χ1n) is 5.53. The molecule has 0 aromatic heterocycles. The molecule has 0 fully saturated rings. The highest BCUT2D eigenvalue weighted by Crippen LogP contribution is 2.27. The van der Waals surface area contributed by atoms with Crippen LogP contribution in [0.1, 0.15) is 5.56 Å². The van der Waals surface area contributed by atoms with E-state index in [4.69, 9.17) is 11.6 Å². The van der Waals surface area contributed by atoms with Crippen LogP contribution in [0, 0.1) is 12.7 Å². The number of aryl methyl sites for hydroxylation is 1. The van der Waals surface area contributed by atoms with Gasteiger partial charge in [0.25, 0.3) is 10.0 Å². The number of anilines is 1. The second-order valence-corrected chi connectivity index (χ2v) is 7.06. The molecular weight excluding hydrogens is 369 g/mol. The summed E-state index contributed by atoms with van der Waals surface area (Å²) in [6, 6.07) is 8.26. The van der Waals surface area contributed by atoms with Crippen LogP contribution in [0.25, 0.3) is 0 Å². The quantitative estimate of drug-likeness (QED) is 0.863. The minimum atomic E-state index is -3.86. The molecule has 0 amide bonds. The fourth-order valence-corrected chi connectivity index (χ4v) is 3.37. The van der Waals surface area contributed by atoms with Crippen molar-refractivity contribution in [2.24, 2.45) is 0 Å². The molecular formula is C13H10BrClFNO2S. The molecule has 106 valence electrons. The van der Waals surface area contributed by atoms with Gasteiger partial charge >= 0.3 is 0 Å². The van der Waals surface area contributed by atoms with E-state index in [0.29, 0.717) is 20.7 Å². The van der Waals surface area contributed by atoms with E-state index in [-0.39, 0.29) is 4.90 Å². The first-order valence-corrected chi connectivity index (χ1v) is 8.19. The summed E-state index contributed by atoms with van der Waals surface area (Å²) in [7, 11) is -3.86. The summed E-state index contributed by atoms with van der Waals surface area (Å²) in [5, 5.41) is 0.376. The summed E-state index contributed by atoms with van der Waals surface area (Å²) >= 11 is 9.12. The molecule has 0 spiro atoms. The molecule has 20 heavy (non-hydrogen) atoms. The molecule has 2 aromatic carbocycles. The van der Waals surface area contributed by atoms with Gasteiger partial charge in [0.15, 0.2) is 0 Å². The fraction of sp³-hybridized carbons (Fsp3) is 0.0769. The Morgan fingerprint density at radius 1 is 1.20 bits per heavy atom. The van der Waals surface area contributed by atoms with Gasteiger partial charge in [0.1, 0.15) is 5.82 Å². The predicted molar refractivity (Wildman–Crippen MR) is 81.1 cm³/mol. The lowest BCUT2D eigenvalue weighted by atomic mass is 10.2. The summed E-state index contributed by atoms with van der Waals surface area (Å²) in [5.74, 6) is -0.607. The number of sulfonamides is 1. The van der Waals surface area contributed by atoms with Crippen molar-refractivity contribution >= 4 is 43.2 Å². The van der Waals surface area contributed by atoms with E-state index in [9.17, 15) is 12.8 Å². The molecule has 3 nitrogen and oxygen atoms in total. The molecule has 0 atom stereocenters. The third-order valence-corrected chi connectivity index (χ3v) is 5.37. The van der Waals surface area contributed by atoms with Crippen LogP contribution >= 0.6 is 27.5 Å². The molecule has 0 saturated carbocycles. The van der Waals surface area contributed by atoms with Crippen LogP contribution in [0.4, 0.5) is 10.1 Å². The second-order valence-electron chi connectivity index (χ2n) is 4.14. The highest BCUT2D eigenvalue weighted by atomic mass is 79.9. The standard InChI is InChI=1S/C13H10BrClFNO2S/c1-8-2-3-9(16)6-13(8)20(18,19)17-10-4-5-11(14)12(15)7-10/h2-7,17H,1H3. The van der Waals surface area contributed by atoms with Gasteiger partial charge in [-0.15, -0.1) is 0 Å². The van der Waals surface area contributed by atoms with E-state index in [1.54, 1.807) is 19.1 Å². The third kappa shape index (κ3) is 3.31. The molecule has 0 aliphatic heterocycles. The summed E-state index contributed by atoms with van der Waals surface area (Å²) in [4.78, 5) is -0.100. The van der Waals surface area contributed by atoms with E-state index in [0.717, 1.165) is 6.07 Å². The molecule has 0 saturated heterocycles. The topological polar surface area (TPSA) is 46.2 Å². The first-order chi connectivity index (χ1) is 9.29. The lowest BCUT2D eigenvalue weighted by molar-refractivity contribution is 0.594. The van der Waals surface area contributed by atoms with Gasteiger partial charge < -0.3 is 0 Å². The molecule has 0 aliphatic rings. The normalized spacial score (nSPS) is 11.4. The Labute approximate surface area is 130 Å². The number of benzene rings is 2. The van der Waals surface area contributed by atoms with Gasteiger partial charge in [-0.1, -0.05) is 17.7 Å². The highest BCUT2D eigenvalue weighted by molar-refractivity contribution is 9.10. The number of halogens is 3. The molecule has 1 N–H and O–H groups in total. The van der Waals surface area contributed by atoms with E-state index in [2.05, 4.69) is 20.7 Å². The van der Waals surface area contributed by atoms with Gasteiger partial charge in [0, 0.05) is 4.47 Å². The number of rotatable bonds is 3. The van der Waals surface area contributed by atoms with E-state index in [1.165, 1.54) is 18.2 Å². The van der Waals surface area contributed by atoms with E-state index < -0.39 is 15.8 Å². The number of hydrogen-bond acceptors (Lipinski definition) is 2. The van der Waals surface area contributed by atoms with Crippen molar-refractivity contribution in [2.45, 2.75) is 11.8 Å². The minimum absolute atomic E-state index is 0.100. The van der Waals surface area contributed by atoms with Gasteiger partial charge in [0.05, 0.1) is 15.6 Å². The van der Waals surface area contributed by atoms with Crippen molar-refractivity contribution < 1.29 is 12.8 Å². The number of nitrogens with one attached hydrogen (secondary N) is 1. The second kappa shape index (κ2) is 5.71. The molecule has 2 rings (SSSR count). The lowest BCUT2D eigenvalue weighted by Crippen LogP contribution is -2.14. The molecule has 0 heterocycles. The van der Waals surface area contributed by atoms with Crippen molar-refractivity contribution in [2.75, 3.05) is 4.72 Å². The van der Waals surface area contributed by atoms with Crippen LogP contribution in [0.2, 0.25) is 5.02 Å². The Bertz CT molecular complexity index is 765. The SMILES string of the molecule is Cc1ccc(F)cc1S(=O)(=O)Nc1ccc(Br)c(Cl)c1. The van der Waals surface area contributed by atoms with Gasteiger partial charge in [-0.25, -0.2) is 12.8 Å². The van der Waals surface area contributed by atoms with Crippen LogP contribution < -0.4 is 4.72 Å². The summed E-state index contributed by atoms with van der Waals surface area (Å²) < 4.78 is 40.7. The molecule has 0 bridgehead atoms. The van der Waals surface area contributed by atoms with Crippen molar-refractivity contribution in [1.29, 1.82) is 0 Å². The molecule has 2 aromatic rings. The third-order valence-electron chi connectivity index (χ3n) is 2.61. The zero-order valence-corrected chi connectivity index (χ0v) is 13.5. The van der Waals surface area contributed by atoms with Crippen molar-refractivity contribution in [1.82, 2.24) is 0 Å².